The van der Waals surface area contributed by atoms with E-state index in [0.29, 0.717) is 6.04 Å². The molecule has 1 nitrogen and oxygen atoms in total. The van der Waals surface area contributed by atoms with E-state index in [1.807, 2.05) is 29.5 Å². The van der Waals surface area contributed by atoms with Crippen LogP contribution < -0.4 is 5.32 Å². The van der Waals surface area contributed by atoms with E-state index in [2.05, 4.69) is 51.2 Å². The molecule has 1 N–H and O–H groups in total. The van der Waals surface area contributed by atoms with Crippen molar-refractivity contribution in [3.05, 3.63) is 56.7 Å². The molecule has 0 amide bonds. The van der Waals surface area contributed by atoms with Gasteiger partial charge in [-0.05, 0) is 42.2 Å². The Labute approximate surface area is 131 Å². The van der Waals surface area contributed by atoms with Gasteiger partial charge in [-0.3, -0.25) is 0 Å². The van der Waals surface area contributed by atoms with E-state index in [4.69, 9.17) is 11.6 Å². The highest BCUT2D eigenvalue weighted by Crippen LogP contribution is 2.29. The predicted octanol–water partition coefficient (Wildman–Crippen LogP) is 5.55. The first-order chi connectivity index (χ1) is 9.36. The highest BCUT2D eigenvalue weighted by Gasteiger charge is 2.16. The highest BCUT2D eigenvalue weighted by molar-refractivity contribution is 7.12. The second kappa shape index (κ2) is 6.30. The van der Waals surface area contributed by atoms with Crippen LogP contribution in [0.25, 0.3) is 0 Å². The quantitative estimate of drug-likeness (QED) is 0.781. The summed E-state index contributed by atoms with van der Waals surface area (Å²) in [5.74, 6) is 0. The molecule has 0 saturated carbocycles. The van der Waals surface area contributed by atoms with Crippen LogP contribution in [-0.4, -0.2) is 0 Å². The molecule has 1 atom stereocenters. The van der Waals surface area contributed by atoms with Gasteiger partial charge in [-0.15, -0.1) is 11.3 Å². The lowest BCUT2D eigenvalue weighted by Crippen LogP contribution is -2.17. The van der Waals surface area contributed by atoms with Crippen LogP contribution in [0.2, 0.25) is 5.02 Å². The van der Waals surface area contributed by atoms with Gasteiger partial charge in [-0.1, -0.05) is 44.5 Å². The van der Waals surface area contributed by atoms with Crippen LogP contribution in [0.3, 0.4) is 0 Å². The van der Waals surface area contributed by atoms with E-state index in [-0.39, 0.29) is 5.41 Å². The van der Waals surface area contributed by atoms with Crippen molar-refractivity contribution in [2.75, 3.05) is 0 Å². The van der Waals surface area contributed by atoms with E-state index in [0.717, 1.165) is 11.6 Å². The van der Waals surface area contributed by atoms with Gasteiger partial charge in [-0.25, -0.2) is 0 Å². The summed E-state index contributed by atoms with van der Waals surface area (Å²) in [7, 11) is 0. The number of nitrogens with one attached hydrogen (secondary N) is 1. The van der Waals surface area contributed by atoms with Gasteiger partial charge in [-0.2, -0.15) is 0 Å². The fourth-order valence-corrected chi connectivity index (χ4v) is 3.24. The summed E-state index contributed by atoms with van der Waals surface area (Å²) >= 11 is 7.93. The third kappa shape index (κ3) is 4.08. The Morgan fingerprint density at radius 3 is 2.55 bits per heavy atom. The molecular formula is C17H22ClNS. The molecule has 1 aromatic carbocycles. The topological polar surface area (TPSA) is 12.0 Å². The first kappa shape index (κ1) is 15.6. The Morgan fingerprint density at radius 2 is 1.95 bits per heavy atom. The fraction of sp³-hybridized carbons (Fsp3) is 0.412. The minimum absolute atomic E-state index is 0.238. The third-order valence-corrected chi connectivity index (χ3v) is 5.08. The monoisotopic (exact) mass is 307 g/mol. The molecule has 1 heterocycles. The van der Waals surface area contributed by atoms with Gasteiger partial charge in [0, 0.05) is 27.4 Å². The fourth-order valence-electron chi connectivity index (χ4n) is 2.02. The van der Waals surface area contributed by atoms with Crippen molar-refractivity contribution in [1.29, 1.82) is 0 Å². The predicted molar refractivity (Wildman–Crippen MR) is 89.7 cm³/mol. The maximum atomic E-state index is 6.03. The van der Waals surface area contributed by atoms with Crippen LogP contribution in [0.1, 0.15) is 49.1 Å². The first-order valence-electron chi connectivity index (χ1n) is 6.94. The van der Waals surface area contributed by atoms with Gasteiger partial charge in [0.2, 0.25) is 0 Å². The zero-order valence-corrected chi connectivity index (χ0v) is 14.1. The minimum Gasteiger partial charge on any atom is -0.305 e. The van der Waals surface area contributed by atoms with Crippen molar-refractivity contribution in [3.63, 3.8) is 0 Å². The normalized spacial score (nSPS) is 13.4. The van der Waals surface area contributed by atoms with Crippen LogP contribution >= 0.6 is 22.9 Å². The third-order valence-electron chi connectivity index (χ3n) is 3.33. The molecule has 20 heavy (non-hydrogen) atoms. The average molecular weight is 308 g/mol. The lowest BCUT2D eigenvalue weighted by molar-refractivity contribution is 0.579. The van der Waals surface area contributed by atoms with Gasteiger partial charge in [0.05, 0.1) is 0 Å². The van der Waals surface area contributed by atoms with E-state index >= 15 is 0 Å². The molecular weight excluding hydrogens is 286 g/mol. The molecule has 0 aliphatic carbocycles. The molecule has 0 radical (unpaired) electrons. The van der Waals surface area contributed by atoms with Crippen molar-refractivity contribution < 1.29 is 0 Å². The SMILES string of the molecule is C[C@@H](NCc1ccc(C(C)(C)C)s1)c1cccc(Cl)c1. The molecule has 2 rings (SSSR count). The summed E-state index contributed by atoms with van der Waals surface area (Å²) in [4.78, 5) is 2.81. The van der Waals surface area contributed by atoms with Crippen LogP contribution in [0.4, 0.5) is 0 Å². The number of rotatable bonds is 4. The molecule has 0 aliphatic heterocycles. The Balaban J connectivity index is 1.97. The van der Waals surface area contributed by atoms with E-state index in [1.165, 1.54) is 15.3 Å². The lowest BCUT2D eigenvalue weighted by Gasteiger charge is -2.16. The second-order valence-corrected chi connectivity index (χ2v) is 7.78. The number of benzene rings is 1. The smallest absolute Gasteiger partial charge is 0.0409 e. The van der Waals surface area contributed by atoms with Crippen molar-refractivity contribution >= 4 is 22.9 Å². The molecule has 0 unspecified atom stereocenters. The van der Waals surface area contributed by atoms with Gasteiger partial charge < -0.3 is 5.32 Å². The van der Waals surface area contributed by atoms with Gasteiger partial charge in [0.15, 0.2) is 0 Å². The molecule has 108 valence electrons. The molecule has 0 spiro atoms. The maximum Gasteiger partial charge on any atom is 0.0409 e. The van der Waals surface area contributed by atoms with E-state index < -0.39 is 0 Å². The standard InChI is InChI=1S/C17H22ClNS/c1-12(13-6-5-7-14(18)10-13)19-11-15-8-9-16(20-15)17(2,3)4/h5-10,12,19H,11H2,1-4H3/t12-/m1/s1. The highest BCUT2D eigenvalue weighted by atomic mass is 35.5. The van der Waals surface area contributed by atoms with Crippen LogP contribution in [0.15, 0.2) is 36.4 Å². The summed E-state index contributed by atoms with van der Waals surface area (Å²) in [6, 6.07) is 12.8. The summed E-state index contributed by atoms with van der Waals surface area (Å²) in [6.07, 6.45) is 0. The second-order valence-electron chi connectivity index (χ2n) is 6.17. The van der Waals surface area contributed by atoms with Crippen molar-refractivity contribution in [1.82, 2.24) is 5.32 Å². The molecule has 0 bridgehead atoms. The Bertz CT molecular complexity index is 568. The zero-order valence-electron chi connectivity index (χ0n) is 12.5. The zero-order chi connectivity index (χ0) is 14.8. The number of halogens is 1. The number of hydrogen-bond donors (Lipinski definition) is 1. The minimum atomic E-state index is 0.238. The summed E-state index contributed by atoms with van der Waals surface area (Å²) in [5.41, 5.74) is 1.46. The summed E-state index contributed by atoms with van der Waals surface area (Å²) in [5, 5.41) is 4.35. The first-order valence-corrected chi connectivity index (χ1v) is 8.14. The lowest BCUT2D eigenvalue weighted by atomic mass is 9.95. The molecule has 0 aliphatic rings. The molecule has 0 saturated heterocycles. The number of hydrogen-bond acceptors (Lipinski definition) is 2. The van der Waals surface area contributed by atoms with Crippen molar-refractivity contribution in [2.24, 2.45) is 0 Å². The average Bonchev–Trinajstić information content (AvgIpc) is 2.84. The van der Waals surface area contributed by atoms with Crippen molar-refractivity contribution in [2.45, 2.75) is 45.7 Å². The van der Waals surface area contributed by atoms with Gasteiger partial charge in [0.1, 0.15) is 0 Å². The molecule has 3 heteroatoms. The van der Waals surface area contributed by atoms with Gasteiger partial charge in [0.25, 0.3) is 0 Å². The summed E-state index contributed by atoms with van der Waals surface area (Å²) < 4.78 is 0. The van der Waals surface area contributed by atoms with Crippen molar-refractivity contribution in [3.8, 4) is 0 Å². The Morgan fingerprint density at radius 1 is 1.20 bits per heavy atom. The Kier molecular flexibility index (Phi) is 4.90. The van der Waals surface area contributed by atoms with Crippen LogP contribution in [0.5, 0.6) is 0 Å². The summed E-state index contributed by atoms with van der Waals surface area (Å²) in [6.45, 7) is 9.83. The number of thiophene rings is 1. The molecule has 1 aromatic heterocycles. The van der Waals surface area contributed by atoms with Crippen LogP contribution in [-0.2, 0) is 12.0 Å². The molecule has 2 aromatic rings. The Hall–Kier alpha value is -0.830. The van der Waals surface area contributed by atoms with E-state index in [9.17, 15) is 0 Å². The van der Waals surface area contributed by atoms with Crippen LogP contribution in [0, 0.1) is 0 Å². The van der Waals surface area contributed by atoms with E-state index in [1.54, 1.807) is 0 Å². The largest absolute Gasteiger partial charge is 0.305 e. The molecule has 0 fully saturated rings. The van der Waals surface area contributed by atoms with Gasteiger partial charge >= 0.3 is 0 Å². The maximum absolute atomic E-state index is 6.03.